The number of aryl methyl sites for hydroxylation is 2. The lowest BCUT2D eigenvalue weighted by Crippen LogP contribution is -1.98. The highest BCUT2D eigenvalue weighted by Crippen LogP contribution is 2.25. The molecule has 3 aromatic rings. The van der Waals surface area contributed by atoms with Gasteiger partial charge in [-0.05, 0) is 37.6 Å². The molecule has 0 radical (unpaired) electrons. The monoisotopic (exact) mass is 366 g/mol. The summed E-state index contributed by atoms with van der Waals surface area (Å²) in [7, 11) is 0. The summed E-state index contributed by atoms with van der Waals surface area (Å²) in [4.78, 5) is 4.34. The van der Waals surface area contributed by atoms with Crippen molar-refractivity contribution in [2.45, 2.75) is 24.8 Å². The summed E-state index contributed by atoms with van der Waals surface area (Å²) in [5, 5.41) is 8.93. The van der Waals surface area contributed by atoms with Crippen LogP contribution in [0.15, 0.2) is 33.9 Å². The maximum Gasteiger partial charge on any atom is 0.256 e. The molecule has 0 aliphatic rings. The number of hydrogen-bond acceptors (Lipinski definition) is 4. The second kappa shape index (κ2) is 5.73. The molecule has 0 spiro atoms. The van der Waals surface area contributed by atoms with Gasteiger partial charge in [0.25, 0.3) is 5.78 Å². The Kier molecular flexibility index (Phi) is 3.95. The van der Waals surface area contributed by atoms with Gasteiger partial charge >= 0.3 is 0 Å². The van der Waals surface area contributed by atoms with Crippen molar-refractivity contribution < 1.29 is 4.39 Å². The highest BCUT2D eigenvalue weighted by molar-refractivity contribution is 9.10. The zero-order valence-electron chi connectivity index (χ0n) is 11.5. The van der Waals surface area contributed by atoms with Gasteiger partial charge in [-0.15, -0.1) is 10.2 Å². The van der Waals surface area contributed by atoms with Crippen molar-refractivity contribution in [3.63, 3.8) is 0 Å². The molecule has 0 aliphatic carbocycles. The number of thioether (sulfide) groups is 1. The van der Waals surface area contributed by atoms with E-state index in [-0.39, 0.29) is 5.82 Å². The van der Waals surface area contributed by atoms with Gasteiger partial charge in [0.15, 0.2) is 5.16 Å². The lowest BCUT2D eigenvalue weighted by molar-refractivity contribution is 0.616. The second-order valence-electron chi connectivity index (χ2n) is 4.68. The lowest BCUT2D eigenvalue weighted by atomic mass is 10.2. The standard InChI is InChI=1S/C14H12BrFN4S/c1-8-5-9(2)20-13(17-8)18-19-14(20)21-7-10-3-4-11(15)6-12(10)16/h3-6H,7H2,1-2H3. The van der Waals surface area contributed by atoms with Gasteiger partial charge in [-0.25, -0.2) is 9.37 Å². The highest BCUT2D eigenvalue weighted by Gasteiger charge is 2.11. The van der Waals surface area contributed by atoms with E-state index in [1.807, 2.05) is 30.4 Å². The van der Waals surface area contributed by atoms with Gasteiger partial charge in [0.2, 0.25) is 0 Å². The average molecular weight is 367 g/mol. The first kappa shape index (κ1) is 14.5. The molecule has 1 aromatic carbocycles. The Hall–Kier alpha value is -1.47. The number of rotatable bonds is 3. The van der Waals surface area contributed by atoms with Crippen LogP contribution < -0.4 is 0 Å². The Morgan fingerprint density at radius 1 is 1.24 bits per heavy atom. The predicted molar refractivity (Wildman–Crippen MR) is 83.9 cm³/mol. The zero-order chi connectivity index (χ0) is 15.0. The minimum atomic E-state index is -0.226. The molecule has 0 saturated carbocycles. The van der Waals surface area contributed by atoms with Crippen LogP contribution in [0.25, 0.3) is 5.78 Å². The number of nitrogens with zero attached hydrogens (tertiary/aromatic N) is 4. The molecule has 0 saturated heterocycles. The fourth-order valence-electron chi connectivity index (χ4n) is 2.07. The Bertz CT molecular complexity index is 818. The van der Waals surface area contributed by atoms with E-state index in [0.29, 0.717) is 17.1 Å². The molecular weight excluding hydrogens is 355 g/mol. The quantitative estimate of drug-likeness (QED) is 0.658. The molecule has 0 atom stereocenters. The number of fused-ring (bicyclic) bond motifs is 1. The van der Waals surface area contributed by atoms with E-state index in [9.17, 15) is 4.39 Å². The highest BCUT2D eigenvalue weighted by atomic mass is 79.9. The van der Waals surface area contributed by atoms with E-state index in [1.165, 1.54) is 17.8 Å². The molecule has 2 aromatic heterocycles. The summed E-state index contributed by atoms with van der Waals surface area (Å²) in [5.74, 6) is 0.843. The predicted octanol–water partition coefficient (Wildman–Crippen LogP) is 3.94. The minimum Gasteiger partial charge on any atom is -0.259 e. The molecule has 3 rings (SSSR count). The van der Waals surface area contributed by atoms with Gasteiger partial charge in [0.05, 0.1) is 0 Å². The van der Waals surface area contributed by atoms with Crippen LogP contribution in [0.1, 0.15) is 17.0 Å². The molecule has 0 unspecified atom stereocenters. The number of halogens is 2. The largest absolute Gasteiger partial charge is 0.259 e. The Labute approximate surface area is 133 Å². The maximum atomic E-state index is 13.8. The third-order valence-corrected chi connectivity index (χ3v) is 4.51. The van der Waals surface area contributed by atoms with Gasteiger partial charge < -0.3 is 0 Å². The van der Waals surface area contributed by atoms with Crippen LogP contribution in [0.3, 0.4) is 0 Å². The molecular formula is C14H12BrFN4S. The van der Waals surface area contributed by atoms with Crippen molar-refractivity contribution in [3.8, 4) is 0 Å². The Balaban J connectivity index is 1.89. The summed E-state index contributed by atoms with van der Waals surface area (Å²) in [6.07, 6.45) is 0. The maximum absolute atomic E-state index is 13.8. The van der Waals surface area contributed by atoms with Crippen LogP contribution in [0.5, 0.6) is 0 Å². The van der Waals surface area contributed by atoms with Crippen LogP contribution in [0, 0.1) is 19.7 Å². The molecule has 0 fully saturated rings. The van der Waals surface area contributed by atoms with E-state index in [1.54, 1.807) is 6.07 Å². The molecule has 4 nitrogen and oxygen atoms in total. The fraction of sp³-hybridized carbons (Fsp3) is 0.214. The topological polar surface area (TPSA) is 43.1 Å². The first-order valence-corrected chi connectivity index (χ1v) is 8.08. The summed E-state index contributed by atoms with van der Waals surface area (Å²) < 4.78 is 16.4. The van der Waals surface area contributed by atoms with Crippen molar-refractivity contribution in [1.29, 1.82) is 0 Å². The normalized spacial score (nSPS) is 11.2. The van der Waals surface area contributed by atoms with Crippen molar-refractivity contribution >= 4 is 33.5 Å². The Morgan fingerprint density at radius 3 is 2.81 bits per heavy atom. The molecule has 7 heteroatoms. The van der Waals surface area contributed by atoms with E-state index < -0.39 is 0 Å². The van der Waals surface area contributed by atoms with Crippen molar-refractivity contribution in [2.24, 2.45) is 0 Å². The zero-order valence-corrected chi connectivity index (χ0v) is 13.9. The van der Waals surface area contributed by atoms with Crippen LogP contribution in [0.4, 0.5) is 4.39 Å². The summed E-state index contributed by atoms with van der Waals surface area (Å²) in [5.41, 5.74) is 2.56. The van der Waals surface area contributed by atoms with E-state index in [2.05, 4.69) is 31.1 Å². The van der Waals surface area contributed by atoms with Gasteiger partial charge in [0.1, 0.15) is 5.82 Å². The minimum absolute atomic E-state index is 0.226. The van der Waals surface area contributed by atoms with Crippen LogP contribution in [-0.2, 0) is 5.75 Å². The van der Waals surface area contributed by atoms with E-state index >= 15 is 0 Å². The smallest absolute Gasteiger partial charge is 0.256 e. The lowest BCUT2D eigenvalue weighted by Gasteiger charge is -2.05. The van der Waals surface area contributed by atoms with Crippen LogP contribution in [0.2, 0.25) is 0 Å². The van der Waals surface area contributed by atoms with Crippen molar-refractivity contribution in [2.75, 3.05) is 0 Å². The van der Waals surface area contributed by atoms with Gasteiger partial charge in [-0.2, -0.15) is 0 Å². The number of benzene rings is 1. The van der Waals surface area contributed by atoms with Gasteiger partial charge in [-0.3, -0.25) is 4.40 Å². The number of hydrogen-bond donors (Lipinski definition) is 0. The van der Waals surface area contributed by atoms with Crippen molar-refractivity contribution in [3.05, 3.63) is 51.5 Å². The third-order valence-electron chi connectivity index (χ3n) is 3.03. The first-order chi connectivity index (χ1) is 10.0. The van der Waals surface area contributed by atoms with Crippen LogP contribution >= 0.6 is 27.7 Å². The SMILES string of the molecule is Cc1cc(C)n2c(SCc3ccc(Br)cc3F)nnc2n1. The average Bonchev–Trinajstić information content (AvgIpc) is 2.81. The van der Waals surface area contributed by atoms with Gasteiger partial charge in [0, 0.05) is 21.6 Å². The van der Waals surface area contributed by atoms with Gasteiger partial charge in [-0.1, -0.05) is 33.8 Å². The molecule has 21 heavy (non-hydrogen) atoms. The van der Waals surface area contributed by atoms with Crippen molar-refractivity contribution in [1.82, 2.24) is 19.6 Å². The summed E-state index contributed by atoms with van der Waals surface area (Å²) in [6.45, 7) is 3.90. The number of aromatic nitrogens is 4. The summed E-state index contributed by atoms with van der Waals surface area (Å²) >= 11 is 4.70. The second-order valence-corrected chi connectivity index (χ2v) is 6.54. The molecule has 0 bridgehead atoms. The first-order valence-electron chi connectivity index (χ1n) is 6.30. The van der Waals surface area contributed by atoms with E-state index in [0.717, 1.165) is 21.0 Å². The molecule has 2 heterocycles. The molecule has 0 aliphatic heterocycles. The Morgan fingerprint density at radius 2 is 2.05 bits per heavy atom. The van der Waals surface area contributed by atoms with Crippen LogP contribution in [-0.4, -0.2) is 19.6 Å². The molecule has 0 N–H and O–H groups in total. The molecule has 108 valence electrons. The summed E-state index contributed by atoms with van der Waals surface area (Å²) in [6, 6.07) is 7.04. The van der Waals surface area contributed by atoms with E-state index in [4.69, 9.17) is 0 Å². The molecule has 0 amide bonds. The third kappa shape index (κ3) is 2.94. The fourth-order valence-corrected chi connectivity index (χ4v) is 3.38.